The molecule has 7 nitrogen and oxygen atoms in total. The molecule has 0 aliphatic heterocycles. The Bertz CT molecular complexity index is 1460. The molecule has 36 heavy (non-hydrogen) atoms. The third-order valence-electron chi connectivity index (χ3n) is 4.82. The largest absolute Gasteiger partial charge is 0.459 e. The molecular formula is C22H12F7N5O2. The van der Waals surface area contributed by atoms with E-state index in [1.165, 1.54) is 12.1 Å². The van der Waals surface area contributed by atoms with E-state index in [0.29, 0.717) is 6.07 Å². The summed E-state index contributed by atoms with van der Waals surface area (Å²) in [5.41, 5.74) is 2.56. The Morgan fingerprint density at radius 3 is 2.08 bits per heavy atom. The molecule has 0 aliphatic carbocycles. The molecule has 2 N–H and O–H groups in total. The molecule has 0 saturated carbocycles. The number of rotatable bonds is 5. The second kappa shape index (κ2) is 8.94. The molecule has 0 radical (unpaired) electrons. The number of alkyl halides is 5. The van der Waals surface area contributed by atoms with Crippen LogP contribution in [-0.4, -0.2) is 32.6 Å². The molecule has 2 aromatic heterocycles. The summed E-state index contributed by atoms with van der Waals surface area (Å²) in [6, 6.07) is 10.0. The molecule has 14 heteroatoms. The molecule has 0 unspecified atom stereocenters. The summed E-state index contributed by atoms with van der Waals surface area (Å²) in [5.74, 6) is -8.34. The molecule has 0 spiro atoms. The van der Waals surface area contributed by atoms with E-state index >= 15 is 0 Å². The summed E-state index contributed by atoms with van der Waals surface area (Å²) in [4.78, 5) is 20.9. The lowest BCUT2D eigenvalue weighted by Crippen LogP contribution is -2.36. The first-order valence-corrected chi connectivity index (χ1v) is 9.79. The number of carbonyl (C=O) groups excluding carboxylic acids is 1. The Balaban J connectivity index is 1.76. The first kappa shape index (κ1) is 24.6. The fourth-order valence-corrected chi connectivity index (χ4v) is 3.02. The smallest absolute Gasteiger partial charge is 0.380 e. The normalized spacial score (nSPS) is 12.7. The highest BCUT2D eigenvalue weighted by atomic mass is 19.4. The van der Waals surface area contributed by atoms with Crippen molar-refractivity contribution in [3.8, 4) is 11.3 Å². The average Bonchev–Trinajstić information content (AvgIpc) is 3.26. The van der Waals surface area contributed by atoms with Gasteiger partial charge in [-0.3, -0.25) is 0 Å². The van der Waals surface area contributed by atoms with Gasteiger partial charge in [0, 0.05) is 17.2 Å². The number of hydrogen-bond donors (Lipinski definition) is 1. The molecular weight excluding hydrogens is 499 g/mol. The van der Waals surface area contributed by atoms with Crippen LogP contribution in [0.5, 0.6) is 0 Å². The first-order valence-electron chi connectivity index (χ1n) is 9.79. The van der Waals surface area contributed by atoms with Gasteiger partial charge in [-0.2, -0.15) is 27.1 Å². The van der Waals surface area contributed by atoms with Gasteiger partial charge in [-0.1, -0.05) is 5.16 Å². The lowest BCUT2D eigenvalue weighted by Gasteiger charge is -2.21. The van der Waals surface area contributed by atoms with Gasteiger partial charge >= 0.3 is 18.1 Å². The maximum atomic E-state index is 14.4. The van der Waals surface area contributed by atoms with Crippen LogP contribution in [0.15, 0.2) is 65.8 Å². The number of amidine groups is 1. The van der Waals surface area contributed by atoms with Crippen molar-refractivity contribution < 1.29 is 40.4 Å². The van der Waals surface area contributed by atoms with Crippen LogP contribution in [-0.2, 0) is 10.8 Å². The summed E-state index contributed by atoms with van der Waals surface area (Å²) in [7, 11) is 0. The van der Waals surface area contributed by atoms with Crippen LogP contribution in [0.25, 0.3) is 16.9 Å². The number of halogens is 7. The van der Waals surface area contributed by atoms with Gasteiger partial charge in [-0.05, 0) is 54.6 Å². The van der Waals surface area contributed by atoms with Crippen LogP contribution in [0.1, 0.15) is 21.7 Å². The quantitative estimate of drug-likeness (QED) is 0.137. The predicted octanol–water partition coefficient (Wildman–Crippen LogP) is 4.81. The van der Waals surface area contributed by atoms with Crippen molar-refractivity contribution in [1.29, 1.82) is 0 Å². The Morgan fingerprint density at radius 1 is 0.917 bits per heavy atom. The van der Waals surface area contributed by atoms with Crippen molar-refractivity contribution in [3.05, 3.63) is 89.2 Å². The Hall–Kier alpha value is -4.49. The molecule has 0 fully saturated rings. The third-order valence-corrected chi connectivity index (χ3v) is 4.82. The zero-order valence-corrected chi connectivity index (χ0v) is 17.6. The molecule has 0 saturated heterocycles. The van der Waals surface area contributed by atoms with Gasteiger partial charge in [0.2, 0.25) is 0 Å². The van der Waals surface area contributed by atoms with Gasteiger partial charge in [-0.15, -0.1) is 0 Å². The molecule has 4 rings (SSSR count). The monoisotopic (exact) mass is 511 g/mol. The van der Waals surface area contributed by atoms with Crippen molar-refractivity contribution in [2.75, 3.05) is 0 Å². The number of nitrogens with zero attached hydrogens (tertiary/aromatic N) is 4. The lowest BCUT2D eigenvalue weighted by atomic mass is 10.1. The van der Waals surface area contributed by atoms with Crippen LogP contribution < -0.4 is 5.73 Å². The fraction of sp³-hybridized carbons (Fsp3) is 0.0909. The lowest BCUT2D eigenvalue weighted by molar-refractivity contribution is -0.291. The Labute approximate surface area is 196 Å². The highest BCUT2D eigenvalue weighted by molar-refractivity contribution is 5.98. The van der Waals surface area contributed by atoms with E-state index in [1.54, 1.807) is 0 Å². The van der Waals surface area contributed by atoms with Gasteiger partial charge in [-0.25, -0.2) is 23.1 Å². The van der Waals surface area contributed by atoms with E-state index in [4.69, 9.17) is 5.73 Å². The number of nitrogens with two attached hydrogens (primary N) is 1. The average molecular weight is 511 g/mol. The number of aromatic nitrogens is 3. The molecule has 0 amide bonds. The van der Waals surface area contributed by atoms with E-state index in [1.807, 2.05) is 0 Å². The number of benzene rings is 2. The standard InChI is InChI=1S/C22H12F7N5O2/c23-13-5-1-11(2-6-13)15-9-17(21(25,26)22(27,28)29)34-18(31-15)10-16(32-34)20(35)36-33-19(30)12-3-7-14(24)8-4-12/h1-10H,(H2,30,33). The highest BCUT2D eigenvalue weighted by Crippen LogP contribution is 2.44. The van der Waals surface area contributed by atoms with Crippen LogP contribution in [0.4, 0.5) is 30.7 Å². The van der Waals surface area contributed by atoms with E-state index in [0.717, 1.165) is 42.5 Å². The summed E-state index contributed by atoms with van der Waals surface area (Å²) >= 11 is 0. The van der Waals surface area contributed by atoms with E-state index in [-0.39, 0.29) is 27.2 Å². The summed E-state index contributed by atoms with van der Waals surface area (Å²) < 4.78 is 94.7. The van der Waals surface area contributed by atoms with Crippen molar-refractivity contribution in [2.45, 2.75) is 12.1 Å². The van der Waals surface area contributed by atoms with Crippen LogP contribution >= 0.6 is 0 Å². The van der Waals surface area contributed by atoms with E-state index in [2.05, 4.69) is 20.1 Å². The summed E-state index contributed by atoms with van der Waals surface area (Å²) in [6.07, 6.45) is -6.01. The van der Waals surface area contributed by atoms with Crippen molar-refractivity contribution in [2.24, 2.45) is 10.9 Å². The van der Waals surface area contributed by atoms with Gasteiger partial charge in [0.05, 0.1) is 5.69 Å². The van der Waals surface area contributed by atoms with Gasteiger partial charge in [0.1, 0.15) is 17.3 Å². The summed E-state index contributed by atoms with van der Waals surface area (Å²) in [5, 5.41) is 6.83. The molecule has 0 atom stereocenters. The van der Waals surface area contributed by atoms with Gasteiger partial charge < -0.3 is 10.6 Å². The van der Waals surface area contributed by atoms with Gasteiger partial charge in [0.25, 0.3) is 0 Å². The van der Waals surface area contributed by atoms with Crippen molar-refractivity contribution in [1.82, 2.24) is 14.6 Å². The number of oxime groups is 1. The second-order valence-electron chi connectivity index (χ2n) is 7.27. The maximum Gasteiger partial charge on any atom is 0.459 e. The molecule has 0 bridgehead atoms. The molecule has 0 aliphatic rings. The SMILES string of the molecule is N/C(=N\OC(=O)c1cc2nc(-c3ccc(F)cc3)cc(C(F)(F)C(F)(F)F)n2n1)c1ccc(F)cc1. The Kier molecular flexibility index (Phi) is 6.12. The third kappa shape index (κ3) is 4.69. The first-order chi connectivity index (χ1) is 16.9. The number of carbonyl (C=O) groups is 1. The molecule has 4 aromatic rings. The fourth-order valence-electron chi connectivity index (χ4n) is 3.02. The van der Waals surface area contributed by atoms with E-state index < -0.39 is 46.7 Å². The van der Waals surface area contributed by atoms with Crippen molar-refractivity contribution >= 4 is 17.5 Å². The Morgan fingerprint density at radius 2 is 1.50 bits per heavy atom. The van der Waals surface area contributed by atoms with Gasteiger partial charge in [0.15, 0.2) is 17.2 Å². The minimum Gasteiger partial charge on any atom is -0.380 e. The van der Waals surface area contributed by atoms with E-state index in [9.17, 15) is 35.5 Å². The predicted molar refractivity (Wildman–Crippen MR) is 111 cm³/mol. The minimum absolute atomic E-state index is 0.0279. The zero-order valence-electron chi connectivity index (χ0n) is 17.6. The molecule has 2 heterocycles. The zero-order chi connectivity index (χ0) is 26.3. The topological polar surface area (TPSA) is 94.9 Å². The van der Waals surface area contributed by atoms with Crippen LogP contribution in [0.3, 0.4) is 0 Å². The van der Waals surface area contributed by atoms with Crippen LogP contribution in [0, 0.1) is 11.6 Å². The summed E-state index contributed by atoms with van der Waals surface area (Å²) in [6.45, 7) is 0. The molecule has 2 aromatic carbocycles. The van der Waals surface area contributed by atoms with Crippen LogP contribution in [0.2, 0.25) is 0 Å². The number of hydrogen-bond acceptors (Lipinski definition) is 5. The molecule has 186 valence electrons. The second-order valence-corrected chi connectivity index (χ2v) is 7.27. The maximum absolute atomic E-state index is 14.4. The highest BCUT2D eigenvalue weighted by Gasteiger charge is 2.60. The minimum atomic E-state index is -6.01. The number of fused-ring (bicyclic) bond motifs is 1. The van der Waals surface area contributed by atoms with Crippen molar-refractivity contribution in [3.63, 3.8) is 0 Å².